The minimum Gasteiger partial charge on any atom is -0.489 e. The average Bonchev–Trinajstić information content (AvgIpc) is 3.11. The maximum atomic E-state index is 6.27. The van der Waals surface area contributed by atoms with Gasteiger partial charge in [0.05, 0.1) is 0 Å². The molecule has 2 nitrogen and oxygen atoms in total. The van der Waals surface area contributed by atoms with E-state index in [1.165, 1.54) is 43.4 Å². The molecule has 104 valence electrons. The number of para-hydroxylation sites is 1. The van der Waals surface area contributed by atoms with Crippen molar-refractivity contribution < 1.29 is 4.74 Å². The highest BCUT2D eigenvalue weighted by atomic mass is 32.2. The summed E-state index contributed by atoms with van der Waals surface area (Å²) in [6.45, 7) is 0.743. The molecule has 2 fully saturated rings. The number of hydrogen-bond acceptors (Lipinski definition) is 3. The first-order valence-electron chi connectivity index (χ1n) is 7.38. The summed E-state index contributed by atoms with van der Waals surface area (Å²) in [5, 5.41) is 0. The van der Waals surface area contributed by atoms with Crippen LogP contribution in [0.1, 0.15) is 37.7 Å². The second-order valence-corrected chi connectivity index (χ2v) is 6.94. The fraction of sp³-hybridized carbons (Fsp3) is 0.625. The number of rotatable bonds is 4. The van der Waals surface area contributed by atoms with Gasteiger partial charge in [0, 0.05) is 23.3 Å². The van der Waals surface area contributed by atoms with E-state index in [0.717, 1.165) is 18.0 Å². The van der Waals surface area contributed by atoms with Crippen LogP contribution in [0.3, 0.4) is 0 Å². The summed E-state index contributed by atoms with van der Waals surface area (Å²) in [5.74, 6) is 3.45. The van der Waals surface area contributed by atoms with Gasteiger partial charge in [0.15, 0.2) is 0 Å². The van der Waals surface area contributed by atoms with Gasteiger partial charge in [-0.05, 0) is 31.1 Å². The van der Waals surface area contributed by atoms with Crippen molar-refractivity contribution in [1.82, 2.24) is 0 Å². The summed E-state index contributed by atoms with van der Waals surface area (Å²) in [6, 6.07) is 8.57. The van der Waals surface area contributed by atoms with E-state index >= 15 is 0 Å². The van der Waals surface area contributed by atoms with E-state index < -0.39 is 0 Å². The summed E-state index contributed by atoms with van der Waals surface area (Å²) in [7, 11) is 0. The normalized spacial score (nSPS) is 25.6. The number of nitrogens with two attached hydrogens (primary N) is 1. The van der Waals surface area contributed by atoms with Crippen molar-refractivity contribution in [3.63, 3.8) is 0 Å². The van der Waals surface area contributed by atoms with Crippen LogP contribution in [0.25, 0.3) is 0 Å². The van der Waals surface area contributed by atoms with Gasteiger partial charge < -0.3 is 10.5 Å². The molecule has 0 amide bonds. The quantitative estimate of drug-likeness (QED) is 0.916. The molecule has 2 aliphatic rings. The molecule has 1 aliphatic carbocycles. The fourth-order valence-corrected chi connectivity index (χ4v) is 4.52. The molecule has 1 heterocycles. The SMILES string of the molecule is NCC1(c2ccccc2OC2CCSC2)CCCC1. The zero-order valence-corrected chi connectivity index (χ0v) is 12.3. The van der Waals surface area contributed by atoms with E-state index in [0.29, 0.717) is 6.10 Å². The Bertz CT molecular complexity index is 423. The van der Waals surface area contributed by atoms with Crippen LogP contribution in [0, 0.1) is 0 Å². The maximum absolute atomic E-state index is 6.27. The van der Waals surface area contributed by atoms with Crippen LogP contribution in [0.2, 0.25) is 0 Å². The van der Waals surface area contributed by atoms with E-state index in [9.17, 15) is 0 Å². The number of ether oxygens (including phenoxy) is 1. The van der Waals surface area contributed by atoms with E-state index in [4.69, 9.17) is 10.5 Å². The first-order chi connectivity index (χ1) is 9.34. The van der Waals surface area contributed by atoms with Gasteiger partial charge in [0.1, 0.15) is 11.9 Å². The predicted octanol–water partition coefficient (Wildman–Crippen LogP) is 3.34. The number of thioether (sulfide) groups is 1. The van der Waals surface area contributed by atoms with Crippen molar-refractivity contribution in [2.75, 3.05) is 18.1 Å². The molecule has 1 aromatic rings. The largest absolute Gasteiger partial charge is 0.489 e. The lowest BCUT2D eigenvalue weighted by atomic mass is 9.78. The highest BCUT2D eigenvalue weighted by Crippen LogP contribution is 2.44. The van der Waals surface area contributed by atoms with Gasteiger partial charge in [0.2, 0.25) is 0 Å². The molecule has 1 aliphatic heterocycles. The Morgan fingerprint density at radius 2 is 2.05 bits per heavy atom. The molecule has 3 heteroatoms. The van der Waals surface area contributed by atoms with Crippen molar-refractivity contribution in [3.05, 3.63) is 29.8 Å². The minimum absolute atomic E-state index is 0.169. The first kappa shape index (κ1) is 13.3. The van der Waals surface area contributed by atoms with Gasteiger partial charge in [-0.1, -0.05) is 31.0 Å². The molecule has 0 radical (unpaired) electrons. The highest BCUT2D eigenvalue weighted by molar-refractivity contribution is 7.99. The van der Waals surface area contributed by atoms with Crippen molar-refractivity contribution in [1.29, 1.82) is 0 Å². The molecule has 1 saturated carbocycles. The molecule has 0 bridgehead atoms. The van der Waals surface area contributed by atoms with E-state index in [1.54, 1.807) is 0 Å². The fourth-order valence-electron chi connectivity index (χ4n) is 3.43. The maximum Gasteiger partial charge on any atom is 0.123 e. The molecular weight excluding hydrogens is 254 g/mol. The van der Waals surface area contributed by atoms with E-state index in [1.807, 2.05) is 11.8 Å². The van der Waals surface area contributed by atoms with Crippen LogP contribution < -0.4 is 10.5 Å². The lowest BCUT2D eigenvalue weighted by molar-refractivity contribution is 0.222. The van der Waals surface area contributed by atoms with Crippen LogP contribution in [0.4, 0.5) is 0 Å². The van der Waals surface area contributed by atoms with Crippen molar-refractivity contribution in [2.45, 2.75) is 43.6 Å². The van der Waals surface area contributed by atoms with Gasteiger partial charge >= 0.3 is 0 Å². The molecule has 19 heavy (non-hydrogen) atoms. The van der Waals surface area contributed by atoms with Crippen molar-refractivity contribution in [2.24, 2.45) is 5.73 Å². The predicted molar refractivity (Wildman–Crippen MR) is 82.0 cm³/mol. The topological polar surface area (TPSA) is 35.2 Å². The summed E-state index contributed by atoms with van der Waals surface area (Å²) < 4.78 is 6.27. The summed E-state index contributed by atoms with van der Waals surface area (Å²) in [4.78, 5) is 0. The van der Waals surface area contributed by atoms with Crippen LogP contribution >= 0.6 is 11.8 Å². The van der Waals surface area contributed by atoms with Gasteiger partial charge in [-0.25, -0.2) is 0 Å². The Morgan fingerprint density at radius 3 is 2.74 bits per heavy atom. The van der Waals surface area contributed by atoms with Crippen LogP contribution in [-0.2, 0) is 5.41 Å². The molecule has 0 aromatic heterocycles. The van der Waals surface area contributed by atoms with Crippen molar-refractivity contribution >= 4 is 11.8 Å². The Labute approximate surface area is 120 Å². The molecule has 0 spiro atoms. The lowest BCUT2D eigenvalue weighted by Crippen LogP contribution is -2.33. The average molecular weight is 277 g/mol. The molecule has 1 atom stereocenters. The van der Waals surface area contributed by atoms with E-state index in [2.05, 4.69) is 24.3 Å². The molecule has 1 saturated heterocycles. The summed E-state index contributed by atoms with van der Waals surface area (Å²) in [5.41, 5.74) is 7.64. The van der Waals surface area contributed by atoms with Crippen LogP contribution in [0.5, 0.6) is 5.75 Å². The van der Waals surface area contributed by atoms with Gasteiger partial charge in [0.25, 0.3) is 0 Å². The summed E-state index contributed by atoms with van der Waals surface area (Å²) >= 11 is 1.99. The molecule has 2 N–H and O–H groups in total. The van der Waals surface area contributed by atoms with Crippen LogP contribution in [-0.4, -0.2) is 24.2 Å². The minimum atomic E-state index is 0.169. The Kier molecular flexibility index (Phi) is 4.04. The van der Waals surface area contributed by atoms with Gasteiger partial charge in [-0.3, -0.25) is 0 Å². The third kappa shape index (κ3) is 2.63. The second-order valence-electron chi connectivity index (χ2n) is 5.79. The standard InChI is InChI=1S/C16H23NOS/c17-12-16(8-3-4-9-16)14-5-1-2-6-15(14)18-13-7-10-19-11-13/h1-2,5-6,13H,3-4,7-12,17H2. The Hall–Kier alpha value is -0.670. The Morgan fingerprint density at radius 1 is 1.26 bits per heavy atom. The first-order valence-corrected chi connectivity index (χ1v) is 8.53. The third-order valence-electron chi connectivity index (χ3n) is 4.59. The second kappa shape index (κ2) is 5.76. The smallest absolute Gasteiger partial charge is 0.123 e. The van der Waals surface area contributed by atoms with Crippen LogP contribution in [0.15, 0.2) is 24.3 Å². The van der Waals surface area contributed by atoms with Gasteiger partial charge in [-0.2, -0.15) is 11.8 Å². The Balaban J connectivity index is 1.87. The summed E-state index contributed by atoms with van der Waals surface area (Å²) in [6.07, 6.45) is 6.58. The monoisotopic (exact) mass is 277 g/mol. The van der Waals surface area contributed by atoms with Gasteiger partial charge in [-0.15, -0.1) is 0 Å². The molecular formula is C16H23NOS. The van der Waals surface area contributed by atoms with Crippen molar-refractivity contribution in [3.8, 4) is 5.75 Å². The molecule has 1 unspecified atom stereocenters. The zero-order valence-electron chi connectivity index (χ0n) is 11.4. The highest BCUT2D eigenvalue weighted by Gasteiger charge is 2.36. The third-order valence-corrected chi connectivity index (χ3v) is 5.72. The number of hydrogen-bond donors (Lipinski definition) is 1. The molecule has 3 rings (SSSR count). The van der Waals surface area contributed by atoms with E-state index in [-0.39, 0.29) is 5.41 Å². The molecule has 1 aromatic carbocycles. The number of benzene rings is 1. The lowest BCUT2D eigenvalue weighted by Gasteiger charge is -2.30. The zero-order chi connectivity index (χ0) is 13.1.